The maximum atomic E-state index is 10.6. The number of rotatable bonds is 6. The van der Waals surface area contributed by atoms with Crippen molar-refractivity contribution in [3.63, 3.8) is 0 Å². The van der Waals surface area contributed by atoms with E-state index in [0.29, 0.717) is 0 Å². The first-order valence-corrected chi connectivity index (χ1v) is 10.4. The monoisotopic (exact) mass is 746 g/mol. The molecular formula is C12H16O18PbZr. The summed E-state index contributed by atoms with van der Waals surface area (Å²) in [6.45, 7) is 0. The third kappa shape index (κ3) is 13.1. The van der Waals surface area contributed by atoms with E-state index in [1.807, 2.05) is 0 Å². The number of carboxylic acid groups (broad SMARTS) is 4. The maximum Gasteiger partial charge on any atom is 0 e. The maximum absolute atomic E-state index is 10.6. The number of aliphatic hydroxyl groups is 6. The van der Waals surface area contributed by atoms with Gasteiger partial charge in [0.15, 0.2) is 24.4 Å². The number of hydrogen-bond acceptors (Lipinski definition) is 14. The summed E-state index contributed by atoms with van der Waals surface area (Å²) in [5.41, 5.74) is 0. The summed E-state index contributed by atoms with van der Waals surface area (Å²) >= 11 is -2.16. The molecule has 6 atom stereocenters. The molecule has 2 radical (unpaired) electrons. The molecule has 180 valence electrons. The molecule has 1 saturated heterocycles. The molecule has 0 spiro atoms. The van der Waals surface area contributed by atoms with Crippen molar-refractivity contribution in [3.05, 3.63) is 0 Å². The van der Waals surface area contributed by atoms with E-state index in [2.05, 4.69) is 5.37 Å². The Balaban J connectivity index is -0.000000389. The first-order chi connectivity index (χ1) is 14.1. The zero-order chi connectivity index (χ0) is 25.0. The van der Waals surface area contributed by atoms with E-state index >= 15 is 0 Å². The van der Waals surface area contributed by atoms with E-state index in [1.165, 1.54) is 0 Å². The minimum absolute atomic E-state index is 0. The van der Waals surface area contributed by atoms with Gasteiger partial charge in [-0.05, 0) is 0 Å². The van der Waals surface area contributed by atoms with Crippen LogP contribution in [-0.4, -0.2) is 149 Å². The van der Waals surface area contributed by atoms with Crippen molar-refractivity contribution < 1.29 is 111 Å². The number of aliphatic hydroxyl groups excluding tert-OH is 6. The molecule has 0 amide bonds. The Morgan fingerprint density at radius 2 is 0.812 bits per heavy atom. The summed E-state index contributed by atoms with van der Waals surface area (Å²) in [5, 5.41) is 82.7. The molecular weight excluding hydrogens is 731 g/mol. The zero-order valence-corrected chi connectivity index (χ0v) is 21.5. The van der Waals surface area contributed by atoms with Crippen LogP contribution in [0.5, 0.6) is 0 Å². The van der Waals surface area contributed by atoms with Crippen LogP contribution in [0.1, 0.15) is 0 Å². The fourth-order valence-electron chi connectivity index (χ4n) is 1.02. The number of carbonyl (C=O) groups excluding carboxylic acids is 2. The standard InChI is InChI=1S/3C4H6O6.Pb.Zr/c3*5-1(3(7)8)2(6)4(9)10;;/h3*1-2,5-6H,(H,7,8)(H,9,10);;/q;;;+2;/p-2. The molecule has 0 aromatic carbocycles. The molecule has 18 nitrogen and oxygen atoms in total. The quantitative estimate of drug-likeness (QED) is 0.113. The van der Waals surface area contributed by atoms with Gasteiger partial charge in [0, 0.05) is 26.2 Å². The van der Waals surface area contributed by atoms with Crippen LogP contribution in [0.3, 0.4) is 0 Å². The van der Waals surface area contributed by atoms with Crippen molar-refractivity contribution in [3.8, 4) is 0 Å². The Kier molecular flexibility index (Phi) is 18.5. The number of carbonyl (C=O) groups is 6. The van der Waals surface area contributed by atoms with Gasteiger partial charge in [-0.2, -0.15) is 0 Å². The van der Waals surface area contributed by atoms with E-state index < -0.39 is 97.6 Å². The summed E-state index contributed by atoms with van der Waals surface area (Å²) in [7, 11) is 0. The van der Waals surface area contributed by atoms with Crippen molar-refractivity contribution in [2.75, 3.05) is 0 Å². The van der Waals surface area contributed by atoms with Gasteiger partial charge in [-0.25, -0.2) is 19.2 Å². The van der Waals surface area contributed by atoms with E-state index in [0.717, 1.165) is 0 Å². The SMILES string of the molecule is O=C(O)C(O)C(O)C(=O)O.O=C(O)C(O)C(O)C(=O)O.O=C1[O][Pb][O]C(=O)C(O)C1O.[Zr]. The molecule has 0 saturated carbocycles. The first kappa shape index (κ1) is 35.0. The van der Waals surface area contributed by atoms with E-state index in [9.17, 15) is 28.8 Å². The van der Waals surface area contributed by atoms with Crippen molar-refractivity contribution in [2.45, 2.75) is 36.6 Å². The second-order valence-electron chi connectivity index (χ2n) is 4.95. The number of aliphatic carboxylic acids is 4. The molecule has 6 unspecified atom stereocenters. The third-order valence-electron chi connectivity index (χ3n) is 2.68. The van der Waals surface area contributed by atoms with Gasteiger partial charge < -0.3 is 40.9 Å². The summed E-state index contributed by atoms with van der Waals surface area (Å²) in [6, 6.07) is 0. The molecule has 1 fully saturated rings. The molecule has 32 heavy (non-hydrogen) atoms. The molecule has 0 aromatic rings. The van der Waals surface area contributed by atoms with Crippen LogP contribution in [0.4, 0.5) is 0 Å². The van der Waals surface area contributed by atoms with Crippen LogP contribution in [0.25, 0.3) is 0 Å². The minimum Gasteiger partial charge on any atom is 0 e. The van der Waals surface area contributed by atoms with Gasteiger partial charge in [0.25, 0.3) is 0 Å². The van der Waals surface area contributed by atoms with Gasteiger partial charge in [-0.15, -0.1) is 0 Å². The van der Waals surface area contributed by atoms with Crippen molar-refractivity contribution in [1.29, 1.82) is 0 Å². The molecule has 10 N–H and O–H groups in total. The minimum atomic E-state index is -2.27. The van der Waals surface area contributed by atoms with Gasteiger partial charge in [0.05, 0.1) is 0 Å². The van der Waals surface area contributed by atoms with Crippen LogP contribution in [0.2, 0.25) is 0 Å². The van der Waals surface area contributed by atoms with Gasteiger partial charge in [0.1, 0.15) is 0 Å². The fraction of sp³-hybridized carbons (Fsp3) is 0.500. The molecule has 0 aromatic heterocycles. The van der Waals surface area contributed by atoms with Gasteiger partial charge >= 0.3 is 98.3 Å². The van der Waals surface area contributed by atoms with Crippen molar-refractivity contribution in [1.82, 2.24) is 0 Å². The topological polar surface area (TPSA) is 323 Å². The third-order valence-corrected chi connectivity index (χ3v) is 4.89. The molecule has 20 heteroatoms. The number of carboxylic acids is 4. The van der Waals surface area contributed by atoms with Crippen LogP contribution >= 0.6 is 0 Å². The van der Waals surface area contributed by atoms with Crippen LogP contribution in [0.15, 0.2) is 0 Å². The van der Waals surface area contributed by atoms with Crippen LogP contribution < -0.4 is 0 Å². The number of hydrogen-bond donors (Lipinski definition) is 10. The van der Waals surface area contributed by atoms with E-state index in [4.69, 9.17) is 51.1 Å². The molecule has 1 aliphatic rings. The van der Waals surface area contributed by atoms with Crippen LogP contribution in [-0.2, 0) is 60.3 Å². The van der Waals surface area contributed by atoms with Gasteiger partial charge in [-0.1, -0.05) is 0 Å². The Bertz CT molecular complexity index is 591. The molecule has 1 heterocycles. The second-order valence-corrected chi connectivity index (χ2v) is 7.18. The Labute approximate surface area is 208 Å². The fourth-order valence-corrected chi connectivity index (χ4v) is 2.76. The summed E-state index contributed by atoms with van der Waals surface area (Å²) in [6.07, 6.45) is -12.7. The summed E-state index contributed by atoms with van der Waals surface area (Å²) in [4.78, 5) is 60.2. The van der Waals surface area contributed by atoms with Gasteiger partial charge in [0.2, 0.25) is 0 Å². The normalized spacial score (nSPS) is 20.9. The predicted molar refractivity (Wildman–Crippen MR) is 84.5 cm³/mol. The Morgan fingerprint density at radius 3 is 0.969 bits per heavy atom. The van der Waals surface area contributed by atoms with E-state index in [-0.39, 0.29) is 26.2 Å². The van der Waals surface area contributed by atoms with Crippen LogP contribution in [0, 0.1) is 0 Å². The van der Waals surface area contributed by atoms with Crippen molar-refractivity contribution >= 4 is 61.0 Å². The molecule has 0 aliphatic carbocycles. The summed E-state index contributed by atoms with van der Waals surface area (Å²) in [5.74, 6) is -9.03. The summed E-state index contributed by atoms with van der Waals surface area (Å²) < 4.78 is 8.72. The zero-order valence-electron chi connectivity index (χ0n) is 15.2. The molecule has 1 aliphatic heterocycles. The Hall–Kier alpha value is -1.61. The Morgan fingerprint density at radius 1 is 0.625 bits per heavy atom. The predicted octanol–water partition coefficient (Wildman–Crippen LogP) is -6.91. The first-order valence-electron chi connectivity index (χ1n) is 7.22. The molecule has 0 bridgehead atoms. The van der Waals surface area contributed by atoms with Crippen molar-refractivity contribution in [2.24, 2.45) is 0 Å². The van der Waals surface area contributed by atoms with Gasteiger partial charge in [-0.3, -0.25) is 0 Å². The second kappa shape index (κ2) is 16.9. The molecule has 1 rings (SSSR count). The smallest absolute Gasteiger partial charge is 0 e. The average Bonchev–Trinajstić information content (AvgIpc) is 2.80. The largest absolute Gasteiger partial charge is 0 e. The van der Waals surface area contributed by atoms with E-state index in [1.54, 1.807) is 0 Å². The average molecular weight is 747 g/mol.